The van der Waals surface area contributed by atoms with Gasteiger partial charge in [-0.25, -0.2) is 4.79 Å². The van der Waals surface area contributed by atoms with Crippen molar-refractivity contribution < 1.29 is 53.2 Å². The average Bonchev–Trinajstić information content (AvgIpc) is 3.10. The van der Waals surface area contributed by atoms with Gasteiger partial charge in [-0.15, -0.1) is 0 Å². The Morgan fingerprint density at radius 3 is 1.96 bits per heavy atom. The van der Waals surface area contributed by atoms with E-state index in [1.165, 1.54) is 0 Å². The third-order valence-corrected chi connectivity index (χ3v) is 9.36. The van der Waals surface area contributed by atoms with Crippen LogP contribution in [0.2, 0.25) is 0 Å². The van der Waals surface area contributed by atoms with E-state index >= 15 is 0 Å². The molecule has 1 saturated carbocycles. The predicted molar refractivity (Wildman–Crippen MR) is 192 cm³/mol. The van der Waals surface area contributed by atoms with Crippen LogP contribution in [0.25, 0.3) is 0 Å². The topological polar surface area (TPSA) is 239 Å². The first kappa shape index (κ1) is 46.6. The van der Waals surface area contributed by atoms with Crippen molar-refractivity contribution in [1.82, 2.24) is 26.6 Å². The molecule has 3 amide bonds. The molecule has 1 aliphatic carbocycles. The molecule has 1 fully saturated rings. The summed E-state index contributed by atoms with van der Waals surface area (Å²) in [4.78, 5) is 86.6. The van der Waals surface area contributed by atoms with Crippen LogP contribution in [0.3, 0.4) is 0 Å². The molecule has 0 aromatic heterocycles. The molecule has 16 heteroatoms. The van der Waals surface area contributed by atoms with Crippen molar-refractivity contribution in [3.63, 3.8) is 0 Å². The van der Waals surface area contributed by atoms with E-state index in [0.29, 0.717) is 25.3 Å². The van der Waals surface area contributed by atoms with Gasteiger partial charge in [0.25, 0.3) is 0 Å². The van der Waals surface area contributed by atoms with E-state index in [1.807, 2.05) is 6.92 Å². The van der Waals surface area contributed by atoms with Gasteiger partial charge in [-0.1, -0.05) is 20.3 Å². The quantitative estimate of drug-likeness (QED) is 0.0561. The number of aliphatic carboxylic acids is 2. The number of ether oxygens (including phenoxy) is 2. The van der Waals surface area contributed by atoms with Crippen molar-refractivity contribution in [1.29, 1.82) is 0 Å². The number of hydrogen-bond acceptors (Lipinski definition) is 11. The smallest absolute Gasteiger partial charge is 0.326 e. The molecule has 0 aromatic rings. The molecule has 2 atom stereocenters. The highest BCUT2D eigenvalue weighted by Crippen LogP contribution is 2.30. The number of hydrogen-bond donors (Lipinski definition) is 7. The Bertz CT molecular complexity index is 1190. The fourth-order valence-corrected chi connectivity index (χ4v) is 5.71. The first-order valence-electron chi connectivity index (χ1n) is 18.5. The molecule has 0 bridgehead atoms. The van der Waals surface area contributed by atoms with Gasteiger partial charge in [-0.2, -0.15) is 0 Å². The van der Waals surface area contributed by atoms with Gasteiger partial charge in [-0.05, 0) is 78.6 Å². The fraction of sp³-hybridized carbons (Fsp3) is 0.806. The van der Waals surface area contributed by atoms with Crippen LogP contribution in [-0.2, 0) is 43.0 Å². The number of amides is 3. The Morgan fingerprint density at radius 2 is 1.37 bits per heavy atom. The zero-order valence-electron chi connectivity index (χ0n) is 31.9. The number of carbonyl (C=O) groups excluding carboxylic acids is 5. The molecule has 0 heterocycles. The van der Waals surface area contributed by atoms with Gasteiger partial charge in [-0.3, -0.25) is 34.1 Å². The largest absolute Gasteiger partial charge is 0.481 e. The molecule has 298 valence electrons. The van der Waals surface area contributed by atoms with E-state index in [9.17, 15) is 43.8 Å². The number of carboxylic acids is 2. The van der Waals surface area contributed by atoms with Crippen molar-refractivity contribution in [3.8, 4) is 0 Å². The summed E-state index contributed by atoms with van der Waals surface area (Å²) in [7, 11) is 0. The first-order valence-corrected chi connectivity index (χ1v) is 18.5. The maximum Gasteiger partial charge on any atom is 0.326 e. The first-order chi connectivity index (χ1) is 24.4. The van der Waals surface area contributed by atoms with Crippen molar-refractivity contribution in [3.05, 3.63) is 0 Å². The van der Waals surface area contributed by atoms with Gasteiger partial charge < -0.3 is 41.0 Å². The molecule has 16 nitrogen and oxygen atoms in total. The molecule has 7 N–H and O–H groups in total. The minimum absolute atomic E-state index is 0.00833. The summed E-state index contributed by atoms with van der Waals surface area (Å²) in [6.45, 7) is 11.7. The van der Waals surface area contributed by atoms with Crippen LogP contribution in [0.1, 0.15) is 106 Å². The molecular formula is C36H63N5O11. The summed E-state index contributed by atoms with van der Waals surface area (Å²) in [6, 6.07) is -2.44. The number of rotatable bonds is 28. The third kappa shape index (κ3) is 18.3. The van der Waals surface area contributed by atoms with E-state index < -0.39 is 46.8 Å². The maximum atomic E-state index is 13.5. The Morgan fingerprint density at radius 1 is 0.731 bits per heavy atom. The summed E-state index contributed by atoms with van der Waals surface area (Å²) >= 11 is 0. The highest BCUT2D eigenvalue weighted by molar-refractivity contribution is 5.95. The average molecular weight is 742 g/mol. The molecule has 1 rings (SSSR count). The van der Waals surface area contributed by atoms with Gasteiger partial charge in [0.05, 0.1) is 43.5 Å². The number of nitrogens with one attached hydrogen (secondary N) is 5. The lowest BCUT2D eigenvalue weighted by atomic mass is 9.80. The number of carbonyl (C=O) groups is 7. The Hall–Kier alpha value is -3.47. The van der Waals surface area contributed by atoms with Gasteiger partial charge in [0.15, 0.2) is 11.6 Å². The Balaban J connectivity index is 2.53. The summed E-state index contributed by atoms with van der Waals surface area (Å²) in [5, 5.41) is 32.8. The summed E-state index contributed by atoms with van der Waals surface area (Å²) < 4.78 is 11.0. The van der Waals surface area contributed by atoms with Crippen LogP contribution in [0.4, 0.5) is 0 Å². The SMILES string of the molecule is CCCNC(=O)CNC(C)(C)C(=O)COCCOCCNC(C)(C)C(=O)C(CCC(=O)O)NC(=O)CCC(NC(=O)C1CCC(CC)CC1)C(=O)O. The molecule has 0 spiro atoms. The summed E-state index contributed by atoms with van der Waals surface area (Å²) in [5.41, 5.74) is -2.15. The van der Waals surface area contributed by atoms with E-state index in [0.717, 1.165) is 25.7 Å². The normalized spacial score (nSPS) is 17.4. The molecule has 1 aliphatic rings. The van der Waals surface area contributed by atoms with Crippen molar-refractivity contribution in [2.45, 2.75) is 129 Å². The minimum Gasteiger partial charge on any atom is -0.481 e. The van der Waals surface area contributed by atoms with E-state index in [1.54, 1.807) is 27.7 Å². The molecule has 0 radical (unpaired) electrons. The second-order valence-electron chi connectivity index (χ2n) is 14.4. The van der Waals surface area contributed by atoms with Gasteiger partial charge in [0.2, 0.25) is 17.7 Å². The molecule has 0 saturated heterocycles. The van der Waals surface area contributed by atoms with E-state index in [2.05, 4.69) is 33.5 Å². The highest BCUT2D eigenvalue weighted by atomic mass is 16.5. The van der Waals surface area contributed by atoms with E-state index in [-0.39, 0.29) is 88.7 Å². The second-order valence-corrected chi connectivity index (χ2v) is 14.4. The zero-order valence-corrected chi connectivity index (χ0v) is 31.9. The van der Waals surface area contributed by atoms with Crippen molar-refractivity contribution in [2.75, 3.05) is 46.1 Å². The fourth-order valence-electron chi connectivity index (χ4n) is 5.71. The lowest BCUT2D eigenvalue weighted by Crippen LogP contribution is -2.56. The van der Waals surface area contributed by atoms with Crippen molar-refractivity contribution >= 4 is 41.2 Å². The third-order valence-electron chi connectivity index (χ3n) is 9.36. The minimum atomic E-state index is -1.28. The van der Waals surface area contributed by atoms with Gasteiger partial charge >= 0.3 is 11.9 Å². The maximum absolute atomic E-state index is 13.5. The van der Waals surface area contributed by atoms with Gasteiger partial charge in [0.1, 0.15) is 12.6 Å². The zero-order chi connectivity index (χ0) is 39.3. The van der Waals surface area contributed by atoms with Crippen LogP contribution in [0.5, 0.6) is 0 Å². The lowest BCUT2D eigenvalue weighted by molar-refractivity contribution is -0.143. The molecule has 0 aliphatic heterocycles. The molecule has 0 aromatic carbocycles. The van der Waals surface area contributed by atoms with Crippen LogP contribution in [0.15, 0.2) is 0 Å². The standard InChI is InChI=1S/C36H63N5O11/c1-7-17-37-30(44)22-39-35(3,4)28(42)23-52-21-20-51-19-18-38-36(5,6)32(47)26(14-16-31(45)46)40-29(43)15-13-27(34(49)50)41-33(48)25-11-9-24(8-2)10-12-25/h24-27,38-39H,7-23H2,1-6H3,(H,37,44)(H,40,43)(H,41,48)(H,45,46)(H,49,50). The summed E-state index contributed by atoms with van der Waals surface area (Å²) in [5.74, 6) is -3.97. The van der Waals surface area contributed by atoms with Crippen LogP contribution in [-0.4, -0.2) is 121 Å². The van der Waals surface area contributed by atoms with Crippen molar-refractivity contribution in [2.24, 2.45) is 11.8 Å². The van der Waals surface area contributed by atoms with Crippen LogP contribution < -0.4 is 26.6 Å². The monoisotopic (exact) mass is 741 g/mol. The molecular weight excluding hydrogens is 678 g/mol. The number of Topliss-reactive ketones (excluding diaryl/α,β-unsaturated/α-hetero) is 2. The molecule has 52 heavy (non-hydrogen) atoms. The Kier molecular flexibility index (Phi) is 21.5. The summed E-state index contributed by atoms with van der Waals surface area (Å²) in [6.07, 6.45) is 4.03. The Labute approximate surface area is 307 Å². The number of ketones is 2. The van der Waals surface area contributed by atoms with E-state index in [4.69, 9.17) is 9.47 Å². The van der Waals surface area contributed by atoms with Crippen LogP contribution >= 0.6 is 0 Å². The lowest BCUT2D eigenvalue weighted by Gasteiger charge is -2.30. The van der Waals surface area contributed by atoms with Crippen LogP contribution in [0, 0.1) is 11.8 Å². The predicted octanol–water partition coefficient (Wildman–Crippen LogP) is 1.34. The van der Waals surface area contributed by atoms with Gasteiger partial charge in [0, 0.05) is 31.8 Å². The highest BCUT2D eigenvalue weighted by Gasteiger charge is 2.35. The molecule has 2 unspecified atom stereocenters. The number of carboxylic acid groups (broad SMARTS) is 2. The second kappa shape index (κ2) is 24.0.